The molecule has 1 aromatic carbocycles. The molecule has 0 spiro atoms. The first-order valence-corrected chi connectivity index (χ1v) is 12.0. The lowest BCUT2D eigenvalue weighted by Crippen LogP contribution is -2.49. The van der Waals surface area contributed by atoms with E-state index in [0.29, 0.717) is 13.0 Å². The Morgan fingerprint density at radius 3 is 2.71 bits per heavy atom. The Morgan fingerprint density at radius 2 is 2.00 bits per heavy atom. The number of hydrogen-bond acceptors (Lipinski definition) is 6. The third kappa shape index (κ3) is 4.73. The molecule has 34 heavy (non-hydrogen) atoms. The largest absolute Gasteiger partial charge is 0.394 e. The normalized spacial score (nSPS) is 23.7. The van der Waals surface area contributed by atoms with E-state index in [0.717, 1.165) is 22.4 Å². The summed E-state index contributed by atoms with van der Waals surface area (Å²) in [5.41, 5.74) is 10.1. The molecule has 9 nitrogen and oxygen atoms in total. The van der Waals surface area contributed by atoms with Crippen molar-refractivity contribution in [2.45, 2.75) is 64.4 Å². The van der Waals surface area contributed by atoms with Crippen molar-refractivity contribution in [2.24, 2.45) is 17.6 Å². The number of carbonyl (C=O) groups excluding carboxylic acids is 2. The number of rotatable bonds is 6. The molecule has 184 valence electrons. The van der Waals surface area contributed by atoms with Crippen molar-refractivity contribution in [3.63, 3.8) is 0 Å². The van der Waals surface area contributed by atoms with Crippen LogP contribution in [0, 0.1) is 11.8 Å². The van der Waals surface area contributed by atoms with Crippen molar-refractivity contribution in [2.75, 3.05) is 13.2 Å². The highest BCUT2D eigenvalue weighted by Crippen LogP contribution is 2.31. The van der Waals surface area contributed by atoms with E-state index in [-0.39, 0.29) is 49.3 Å². The van der Waals surface area contributed by atoms with Crippen molar-refractivity contribution in [1.29, 1.82) is 0 Å². The summed E-state index contributed by atoms with van der Waals surface area (Å²) in [5, 5.41) is 27.6. The van der Waals surface area contributed by atoms with Gasteiger partial charge in [-0.05, 0) is 29.5 Å². The number of aromatic nitrogens is 2. The molecule has 3 heterocycles. The lowest BCUT2D eigenvalue weighted by atomic mass is 9.94. The summed E-state index contributed by atoms with van der Waals surface area (Å²) in [6.45, 7) is 6.24. The van der Waals surface area contributed by atoms with Crippen LogP contribution in [0.3, 0.4) is 0 Å². The number of nitrogens with zero attached hydrogens (tertiary/aromatic N) is 3. The molecule has 1 saturated heterocycles. The molecule has 2 amide bonds. The molecule has 9 heteroatoms. The average molecular weight is 470 g/mol. The summed E-state index contributed by atoms with van der Waals surface area (Å²) in [4.78, 5) is 27.6. The number of carbonyl (C=O) groups is 2. The summed E-state index contributed by atoms with van der Waals surface area (Å²) in [5.74, 6) is -0.634. The molecule has 0 bridgehead atoms. The number of hydrogen-bond donors (Lipinski definition) is 4. The zero-order valence-electron chi connectivity index (χ0n) is 20.0. The minimum Gasteiger partial charge on any atom is -0.394 e. The summed E-state index contributed by atoms with van der Waals surface area (Å²) >= 11 is 0. The number of nitrogens with two attached hydrogens (primary N) is 1. The molecule has 0 radical (unpaired) electrons. The highest BCUT2D eigenvalue weighted by molar-refractivity contribution is 5.89. The number of aliphatic hydroxyl groups excluding tert-OH is 2. The second kappa shape index (κ2) is 9.85. The van der Waals surface area contributed by atoms with Crippen LogP contribution < -0.4 is 11.1 Å². The highest BCUT2D eigenvalue weighted by Gasteiger charge is 2.41. The Balaban J connectivity index is 1.54. The van der Waals surface area contributed by atoms with Crippen molar-refractivity contribution < 1.29 is 19.8 Å². The van der Waals surface area contributed by atoms with E-state index >= 15 is 0 Å². The van der Waals surface area contributed by atoms with Gasteiger partial charge in [-0.15, -0.1) is 0 Å². The van der Waals surface area contributed by atoms with Gasteiger partial charge in [0.1, 0.15) is 6.04 Å². The van der Waals surface area contributed by atoms with Gasteiger partial charge in [0.2, 0.25) is 11.8 Å². The first-order chi connectivity index (χ1) is 16.2. The van der Waals surface area contributed by atoms with Crippen LogP contribution in [-0.2, 0) is 22.6 Å². The topological polar surface area (TPSA) is 134 Å². The molecular weight excluding hydrogens is 434 g/mol. The smallest absolute Gasteiger partial charge is 0.243 e. The van der Waals surface area contributed by atoms with Gasteiger partial charge >= 0.3 is 0 Å². The van der Waals surface area contributed by atoms with Gasteiger partial charge in [0.15, 0.2) is 0 Å². The van der Waals surface area contributed by atoms with E-state index in [9.17, 15) is 19.8 Å². The number of aliphatic hydroxyl groups is 2. The first kappa shape index (κ1) is 24.4. The van der Waals surface area contributed by atoms with E-state index in [1.165, 1.54) is 4.90 Å². The predicted octanol–water partition coefficient (Wildman–Crippen LogP) is 0.837. The van der Waals surface area contributed by atoms with Crippen LogP contribution in [0.4, 0.5) is 0 Å². The maximum atomic E-state index is 13.2. The Bertz CT molecular complexity index is 1050. The maximum absolute atomic E-state index is 13.2. The second-order valence-corrected chi connectivity index (χ2v) is 9.95. The van der Waals surface area contributed by atoms with Crippen molar-refractivity contribution >= 4 is 11.8 Å². The fourth-order valence-corrected chi connectivity index (χ4v) is 4.88. The summed E-state index contributed by atoms with van der Waals surface area (Å²) in [7, 11) is 0. The van der Waals surface area contributed by atoms with Crippen molar-refractivity contribution in [3.05, 3.63) is 41.6 Å². The third-order valence-electron chi connectivity index (χ3n) is 7.17. The second-order valence-electron chi connectivity index (χ2n) is 9.95. The van der Waals surface area contributed by atoms with E-state index in [1.807, 2.05) is 49.7 Å². The zero-order chi connectivity index (χ0) is 24.6. The van der Waals surface area contributed by atoms with E-state index in [1.54, 1.807) is 6.20 Å². The quantitative estimate of drug-likeness (QED) is 0.495. The minimum atomic E-state index is -0.763. The minimum absolute atomic E-state index is 0.0974. The molecule has 1 fully saturated rings. The van der Waals surface area contributed by atoms with Crippen LogP contribution in [0.1, 0.15) is 44.4 Å². The van der Waals surface area contributed by atoms with Gasteiger partial charge in [0.25, 0.3) is 0 Å². The molecule has 0 aliphatic carbocycles. The molecule has 2 aliphatic heterocycles. The molecular formula is C25H35N5O4. The van der Waals surface area contributed by atoms with Crippen LogP contribution in [-0.4, -0.2) is 68.0 Å². The van der Waals surface area contributed by atoms with Crippen molar-refractivity contribution in [3.8, 4) is 11.3 Å². The van der Waals surface area contributed by atoms with E-state index in [4.69, 9.17) is 5.73 Å². The SMILES string of the molecule is CC(C)C(C)C(=O)N1CC(O)CC1C(=O)NC(CO)c1ccc2c(c1)CC(N)Cn1nccc1-2. The first-order valence-electron chi connectivity index (χ1n) is 12.0. The van der Waals surface area contributed by atoms with Gasteiger partial charge in [-0.1, -0.05) is 39.0 Å². The van der Waals surface area contributed by atoms with Gasteiger partial charge in [0, 0.05) is 36.7 Å². The zero-order valence-corrected chi connectivity index (χ0v) is 20.0. The molecule has 5 N–H and O–H groups in total. The fraction of sp³-hybridized carbons (Fsp3) is 0.560. The van der Waals surface area contributed by atoms with Crippen LogP contribution in [0.5, 0.6) is 0 Å². The van der Waals surface area contributed by atoms with Crippen LogP contribution >= 0.6 is 0 Å². The third-order valence-corrected chi connectivity index (χ3v) is 7.17. The van der Waals surface area contributed by atoms with Crippen molar-refractivity contribution in [1.82, 2.24) is 20.0 Å². The highest BCUT2D eigenvalue weighted by atomic mass is 16.3. The van der Waals surface area contributed by atoms with E-state index < -0.39 is 18.2 Å². The van der Waals surface area contributed by atoms with Gasteiger partial charge in [0.05, 0.1) is 31.0 Å². The lowest BCUT2D eigenvalue weighted by Gasteiger charge is -2.29. The van der Waals surface area contributed by atoms with Crippen LogP contribution in [0.2, 0.25) is 0 Å². The molecule has 2 aliphatic rings. The standard InChI is InChI=1S/C25H35N5O4/c1-14(2)15(3)25(34)29-12-19(32)10-23(29)24(33)28-21(13-31)16-4-5-20-17(8-16)9-18(26)11-30-22(20)6-7-27-30/h4-8,14-15,18-19,21,23,31-32H,9-13,26H2,1-3H3,(H,28,33). The molecule has 5 atom stereocenters. The number of β-amino-alcohol motifs (C(OH)–C–C–N with tert-alkyl or cyclic N) is 1. The number of nitrogens with one attached hydrogen (secondary N) is 1. The Labute approximate surface area is 199 Å². The van der Waals surface area contributed by atoms with E-state index in [2.05, 4.69) is 10.4 Å². The Morgan fingerprint density at radius 1 is 1.24 bits per heavy atom. The molecule has 0 saturated carbocycles. The fourth-order valence-electron chi connectivity index (χ4n) is 4.88. The van der Waals surface area contributed by atoms with Gasteiger partial charge in [-0.25, -0.2) is 0 Å². The monoisotopic (exact) mass is 469 g/mol. The number of fused-ring (bicyclic) bond motifs is 3. The maximum Gasteiger partial charge on any atom is 0.243 e. The summed E-state index contributed by atoms with van der Waals surface area (Å²) in [6.07, 6.45) is 1.85. The predicted molar refractivity (Wildman–Crippen MR) is 127 cm³/mol. The molecule has 5 unspecified atom stereocenters. The Kier molecular flexibility index (Phi) is 7.06. The lowest BCUT2D eigenvalue weighted by molar-refractivity contribution is -0.142. The molecule has 1 aromatic heterocycles. The summed E-state index contributed by atoms with van der Waals surface area (Å²) < 4.78 is 1.90. The molecule has 2 aromatic rings. The number of amides is 2. The van der Waals surface area contributed by atoms with Gasteiger partial charge < -0.3 is 26.2 Å². The van der Waals surface area contributed by atoms with Gasteiger partial charge in [-0.3, -0.25) is 14.3 Å². The Hall–Kier alpha value is -2.75. The van der Waals surface area contributed by atoms with Crippen LogP contribution in [0.15, 0.2) is 30.5 Å². The molecule has 4 rings (SSSR count). The van der Waals surface area contributed by atoms with Gasteiger partial charge in [-0.2, -0.15) is 5.10 Å². The summed E-state index contributed by atoms with van der Waals surface area (Å²) in [6, 6.07) is 6.30. The number of likely N-dealkylation sites (tertiary alicyclic amines) is 1. The van der Waals surface area contributed by atoms with Crippen LogP contribution in [0.25, 0.3) is 11.3 Å². The average Bonchev–Trinajstić information content (AvgIpc) is 3.39. The number of benzene rings is 1.